The van der Waals surface area contributed by atoms with Gasteiger partial charge in [-0.15, -0.1) is 0 Å². The van der Waals surface area contributed by atoms with Gasteiger partial charge in [0.15, 0.2) is 5.78 Å². The van der Waals surface area contributed by atoms with E-state index < -0.39 is 5.72 Å². The molecule has 4 heteroatoms. The number of nitrogens with one attached hydrogen (secondary N) is 1. The van der Waals surface area contributed by atoms with Crippen LogP contribution in [0.3, 0.4) is 0 Å². The Morgan fingerprint density at radius 3 is 2.67 bits per heavy atom. The number of rotatable bonds is 7. The lowest BCUT2D eigenvalue weighted by molar-refractivity contribution is 0.0190. The van der Waals surface area contributed by atoms with E-state index in [0.717, 1.165) is 12.8 Å². The molecule has 1 aromatic rings. The predicted molar refractivity (Wildman–Crippen MR) is 72.3 cm³/mol. The van der Waals surface area contributed by atoms with Crippen LogP contribution >= 0.6 is 0 Å². The lowest BCUT2D eigenvalue weighted by atomic mass is 9.96. The fourth-order valence-corrected chi connectivity index (χ4v) is 1.91. The number of carbonyl (C=O) groups excluding carboxylic acids is 1. The van der Waals surface area contributed by atoms with Crippen LogP contribution in [0.2, 0.25) is 0 Å². The summed E-state index contributed by atoms with van der Waals surface area (Å²) >= 11 is 0. The summed E-state index contributed by atoms with van der Waals surface area (Å²) in [6.07, 6.45) is 1.81. The summed E-state index contributed by atoms with van der Waals surface area (Å²) in [6, 6.07) is 7.11. The summed E-state index contributed by atoms with van der Waals surface area (Å²) in [7, 11) is 0. The summed E-state index contributed by atoms with van der Waals surface area (Å²) in [5, 5.41) is 13.5. The number of benzene rings is 1. The van der Waals surface area contributed by atoms with Crippen LogP contribution in [0.25, 0.3) is 0 Å². The minimum absolute atomic E-state index is 0.0466. The van der Waals surface area contributed by atoms with E-state index in [-0.39, 0.29) is 5.78 Å². The third-order valence-electron chi connectivity index (χ3n) is 2.93. The Balaban J connectivity index is 2.80. The minimum Gasteiger partial charge on any atom is -0.372 e. The number of hydrogen-bond acceptors (Lipinski definition) is 4. The van der Waals surface area contributed by atoms with E-state index in [0.29, 0.717) is 24.2 Å². The highest BCUT2D eigenvalue weighted by molar-refractivity contribution is 5.95. The van der Waals surface area contributed by atoms with Gasteiger partial charge >= 0.3 is 0 Å². The van der Waals surface area contributed by atoms with Gasteiger partial charge in [-0.2, -0.15) is 0 Å². The quantitative estimate of drug-likeness (QED) is 0.388. The van der Waals surface area contributed by atoms with Crippen LogP contribution in [0.5, 0.6) is 0 Å². The predicted octanol–water partition coefficient (Wildman–Crippen LogP) is 1.38. The normalized spacial score (nSPS) is 14.2. The summed E-state index contributed by atoms with van der Waals surface area (Å²) in [5.74, 6) is -0.0466. The van der Waals surface area contributed by atoms with Crippen LogP contribution in [0, 0.1) is 0 Å². The lowest BCUT2D eigenvalue weighted by Crippen LogP contribution is -2.41. The molecule has 0 aromatic heterocycles. The van der Waals surface area contributed by atoms with Gasteiger partial charge < -0.3 is 10.8 Å². The monoisotopic (exact) mass is 250 g/mol. The zero-order valence-corrected chi connectivity index (χ0v) is 11.1. The van der Waals surface area contributed by atoms with Gasteiger partial charge in [0.05, 0.1) is 0 Å². The first kappa shape index (κ1) is 14.8. The molecule has 0 aliphatic rings. The van der Waals surface area contributed by atoms with Gasteiger partial charge in [-0.25, -0.2) is 0 Å². The second-order valence-corrected chi connectivity index (χ2v) is 4.60. The number of carbonyl (C=O) groups is 1. The first-order valence-corrected chi connectivity index (χ1v) is 6.27. The van der Waals surface area contributed by atoms with E-state index in [1.807, 2.05) is 6.07 Å². The Hall–Kier alpha value is -1.23. The van der Waals surface area contributed by atoms with Crippen LogP contribution in [0.4, 0.5) is 0 Å². The molecule has 0 bridgehead atoms. The van der Waals surface area contributed by atoms with E-state index in [2.05, 4.69) is 5.32 Å². The van der Waals surface area contributed by atoms with Gasteiger partial charge in [-0.3, -0.25) is 10.1 Å². The number of nitrogens with two attached hydrogens (primary N) is 1. The second-order valence-electron chi connectivity index (χ2n) is 4.60. The van der Waals surface area contributed by atoms with Gasteiger partial charge in [0.2, 0.25) is 0 Å². The van der Waals surface area contributed by atoms with Crippen molar-refractivity contribution in [1.82, 2.24) is 5.32 Å². The summed E-state index contributed by atoms with van der Waals surface area (Å²) in [6.45, 7) is 4.48. The molecule has 18 heavy (non-hydrogen) atoms. The highest BCUT2D eigenvalue weighted by Crippen LogP contribution is 2.22. The molecular formula is C14H22N2O2. The van der Waals surface area contributed by atoms with Crippen molar-refractivity contribution < 1.29 is 9.90 Å². The molecule has 0 aliphatic carbocycles. The number of Topliss-reactive ketones (excluding diaryl/α,β-unsaturated/α-hetero) is 1. The fraction of sp³-hybridized carbons (Fsp3) is 0.500. The molecule has 0 saturated carbocycles. The SMILES string of the molecule is CC(=O)c1ccccc1C(C)(O)NCCCCN. The first-order chi connectivity index (χ1) is 8.49. The zero-order valence-electron chi connectivity index (χ0n) is 11.1. The summed E-state index contributed by atoms with van der Waals surface area (Å²) in [5.41, 5.74) is 5.39. The second kappa shape index (κ2) is 6.64. The Morgan fingerprint density at radius 2 is 2.06 bits per heavy atom. The van der Waals surface area contributed by atoms with Crippen molar-refractivity contribution in [2.45, 2.75) is 32.4 Å². The third kappa shape index (κ3) is 3.91. The van der Waals surface area contributed by atoms with E-state index in [9.17, 15) is 9.90 Å². The third-order valence-corrected chi connectivity index (χ3v) is 2.93. The molecule has 0 amide bonds. The smallest absolute Gasteiger partial charge is 0.160 e. The molecule has 0 fully saturated rings. The van der Waals surface area contributed by atoms with Gasteiger partial charge in [0.25, 0.3) is 0 Å². The molecular weight excluding hydrogens is 228 g/mol. The van der Waals surface area contributed by atoms with Gasteiger partial charge in [-0.1, -0.05) is 24.3 Å². The van der Waals surface area contributed by atoms with E-state index in [1.165, 1.54) is 6.92 Å². The highest BCUT2D eigenvalue weighted by Gasteiger charge is 2.25. The molecule has 100 valence electrons. The van der Waals surface area contributed by atoms with Crippen molar-refractivity contribution in [3.8, 4) is 0 Å². The number of hydrogen-bond donors (Lipinski definition) is 3. The van der Waals surface area contributed by atoms with Crippen molar-refractivity contribution >= 4 is 5.78 Å². The Bertz CT molecular complexity index is 403. The minimum atomic E-state index is -1.20. The Morgan fingerprint density at radius 1 is 1.39 bits per heavy atom. The van der Waals surface area contributed by atoms with Crippen molar-refractivity contribution in [3.05, 3.63) is 35.4 Å². The number of ketones is 1. The summed E-state index contributed by atoms with van der Waals surface area (Å²) in [4.78, 5) is 11.5. The van der Waals surface area contributed by atoms with Crippen LogP contribution < -0.4 is 11.1 Å². The Labute approximate surface area is 108 Å². The van der Waals surface area contributed by atoms with Crippen molar-refractivity contribution in [1.29, 1.82) is 0 Å². The van der Waals surface area contributed by atoms with Gasteiger partial charge in [-0.05, 0) is 39.8 Å². The zero-order chi connectivity index (χ0) is 13.6. The molecule has 4 N–H and O–H groups in total. The maximum absolute atomic E-state index is 11.5. The molecule has 0 saturated heterocycles. The maximum atomic E-state index is 11.5. The molecule has 1 atom stereocenters. The standard InChI is InChI=1S/C14H22N2O2/c1-11(17)12-7-3-4-8-13(12)14(2,18)16-10-6-5-9-15/h3-4,7-8,16,18H,5-6,9-10,15H2,1-2H3. The summed E-state index contributed by atoms with van der Waals surface area (Å²) < 4.78 is 0. The van der Waals surface area contributed by atoms with Crippen molar-refractivity contribution in [2.75, 3.05) is 13.1 Å². The van der Waals surface area contributed by atoms with Crippen LogP contribution in [-0.2, 0) is 5.72 Å². The number of unbranched alkanes of at least 4 members (excludes halogenated alkanes) is 1. The van der Waals surface area contributed by atoms with Crippen LogP contribution in [-0.4, -0.2) is 24.0 Å². The molecule has 1 rings (SSSR count). The van der Waals surface area contributed by atoms with E-state index in [1.54, 1.807) is 25.1 Å². The number of aliphatic hydroxyl groups is 1. The molecule has 1 unspecified atom stereocenters. The van der Waals surface area contributed by atoms with E-state index >= 15 is 0 Å². The van der Waals surface area contributed by atoms with Crippen molar-refractivity contribution in [2.24, 2.45) is 5.73 Å². The van der Waals surface area contributed by atoms with Crippen molar-refractivity contribution in [3.63, 3.8) is 0 Å². The first-order valence-electron chi connectivity index (χ1n) is 6.27. The lowest BCUT2D eigenvalue weighted by Gasteiger charge is -2.27. The molecule has 0 aliphatic heterocycles. The topological polar surface area (TPSA) is 75.3 Å². The molecule has 1 aromatic carbocycles. The average molecular weight is 250 g/mol. The largest absolute Gasteiger partial charge is 0.372 e. The molecule has 0 radical (unpaired) electrons. The van der Waals surface area contributed by atoms with Crippen LogP contribution in [0.1, 0.15) is 42.6 Å². The maximum Gasteiger partial charge on any atom is 0.160 e. The average Bonchev–Trinajstić information content (AvgIpc) is 2.35. The van der Waals surface area contributed by atoms with Gasteiger partial charge in [0.1, 0.15) is 5.72 Å². The Kier molecular flexibility index (Phi) is 5.47. The van der Waals surface area contributed by atoms with Crippen LogP contribution in [0.15, 0.2) is 24.3 Å². The fourth-order valence-electron chi connectivity index (χ4n) is 1.91. The van der Waals surface area contributed by atoms with Gasteiger partial charge in [0, 0.05) is 11.1 Å². The molecule has 0 heterocycles. The van der Waals surface area contributed by atoms with E-state index in [4.69, 9.17) is 5.73 Å². The highest BCUT2D eigenvalue weighted by atomic mass is 16.3. The molecule has 0 spiro atoms. The molecule has 4 nitrogen and oxygen atoms in total.